The number of imidazole rings is 1. The molecule has 11 nitrogen and oxygen atoms in total. The highest BCUT2D eigenvalue weighted by Gasteiger charge is 2.10. The zero-order valence-corrected chi connectivity index (χ0v) is 23.3. The molecule has 2 aromatic carbocycles. The molecule has 2 heterocycles. The van der Waals surface area contributed by atoms with E-state index in [4.69, 9.17) is 35.2 Å². The summed E-state index contributed by atoms with van der Waals surface area (Å²) in [7, 11) is 3.26. The highest BCUT2D eigenvalue weighted by molar-refractivity contribution is 5.98. The fourth-order valence-corrected chi connectivity index (χ4v) is 3.86. The normalized spacial score (nSPS) is 14.0. The van der Waals surface area contributed by atoms with Gasteiger partial charge in [0.05, 0.1) is 56.4 Å². The number of nitrogens with two attached hydrogens (primary N) is 2. The molecule has 3 aromatic rings. The van der Waals surface area contributed by atoms with E-state index in [0.717, 1.165) is 45.5 Å². The number of allylic oxidation sites excluding steroid dienone is 4. The summed E-state index contributed by atoms with van der Waals surface area (Å²) >= 11 is 0. The average molecular weight is 561 g/mol. The largest absolute Gasteiger partial charge is 0.497 e. The molecule has 6 N–H and O–H groups in total. The van der Waals surface area contributed by atoms with Gasteiger partial charge in [0, 0.05) is 18.7 Å². The third-order valence-corrected chi connectivity index (χ3v) is 5.99. The molecule has 1 aliphatic rings. The Bertz CT molecular complexity index is 1440. The second kappa shape index (κ2) is 15.0. The number of amidine groups is 1. The fraction of sp³-hybridized carbons (Fsp3) is 0.267. The highest BCUT2D eigenvalue weighted by Crippen LogP contribution is 2.20. The summed E-state index contributed by atoms with van der Waals surface area (Å²) in [6.07, 6.45) is 9.49. The van der Waals surface area contributed by atoms with Crippen molar-refractivity contribution in [3.05, 3.63) is 96.0 Å². The van der Waals surface area contributed by atoms with E-state index in [1.807, 2.05) is 66.8 Å². The van der Waals surface area contributed by atoms with Gasteiger partial charge in [0.25, 0.3) is 0 Å². The van der Waals surface area contributed by atoms with Crippen LogP contribution in [0.3, 0.4) is 0 Å². The van der Waals surface area contributed by atoms with Crippen molar-refractivity contribution in [3.63, 3.8) is 0 Å². The van der Waals surface area contributed by atoms with Gasteiger partial charge in [-0.05, 0) is 54.6 Å². The Morgan fingerprint density at radius 2 is 1.78 bits per heavy atom. The minimum Gasteiger partial charge on any atom is -0.497 e. The molecule has 0 unspecified atom stereocenters. The number of ether oxygens (including phenoxy) is 5. The van der Waals surface area contributed by atoms with Crippen molar-refractivity contribution in [2.24, 2.45) is 16.5 Å². The molecular weight excluding hydrogens is 524 g/mol. The van der Waals surface area contributed by atoms with Crippen molar-refractivity contribution in [3.8, 4) is 11.5 Å². The smallest absolute Gasteiger partial charge is 0.147 e. The number of aliphatic imine (C=N–C) groups is 1. The van der Waals surface area contributed by atoms with E-state index in [2.05, 4.69) is 20.3 Å². The van der Waals surface area contributed by atoms with Gasteiger partial charge in [0.2, 0.25) is 0 Å². The Balaban J connectivity index is 1.10. The van der Waals surface area contributed by atoms with Crippen LogP contribution in [-0.2, 0) is 20.6 Å². The number of nitrogens with zero attached hydrogens (tertiary/aromatic N) is 2. The number of fused-ring (bicyclic) bond motifs is 1. The van der Waals surface area contributed by atoms with Crippen molar-refractivity contribution in [2.45, 2.75) is 6.42 Å². The maximum absolute atomic E-state index is 6.13. The summed E-state index contributed by atoms with van der Waals surface area (Å²) in [6.45, 7) is 2.11. The molecule has 11 heteroatoms. The van der Waals surface area contributed by atoms with Crippen molar-refractivity contribution in [2.75, 3.05) is 47.2 Å². The third-order valence-electron chi connectivity index (χ3n) is 5.99. The summed E-state index contributed by atoms with van der Waals surface area (Å²) < 4.78 is 27.5. The van der Waals surface area contributed by atoms with E-state index in [1.165, 1.54) is 6.20 Å². The average Bonchev–Trinajstić information content (AvgIpc) is 3.42. The summed E-state index contributed by atoms with van der Waals surface area (Å²) in [4.78, 5) is 12.3. The standard InChI is InChI=1S/C30H36N6O5/c1-37-22-8-6-21(7-9-22)34-30(32)27-13-11-25(20-33-27)41-17-15-39-14-16-40-24(19-31)4-3-5-29-35-26-12-10-23(38-2)18-28(26)36-29/h3-4,6-13,18-19,33H,5,14-17,20,31H2,1-2H3,(H2,32,34)(H,35,36)/b4-3-,24-19+. The van der Waals surface area contributed by atoms with Gasteiger partial charge in [-0.1, -0.05) is 6.08 Å². The predicted molar refractivity (Wildman–Crippen MR) is 159 cm³/mol. The number of nitrogens with one attached hydrogen (secondary N) is 2. The Morgan fingerprint density at radius 3 is 2.51 bits per heavy atom. The first-order chi connectivity index (χ1) is 20.1. The van der Waals surface area contributed by atoms with Gasteiger partial charge in [0.1, 0.15) is 47.9 Å². The number of H-pyrrole nitrogens is 1. The molecule has 0 aliphatic carbocycles. The molecule has 1 aliphatic heterocycles. The summed E-state index contributed by atoms with van der Waals surface area (Å²) in [5, 5.41) is 3.22. The van der Waals surface area contributed by atoms with Crippen molar-refractivity contribution in [1.29, 1.82) is 0 Å². The Kier molecular flexibility index (Phi) is 10.7. The first-order valence-corrected chi connectivity index (χ1v) is 13.2. The number of hydrogen-bond donors (Lipinski definition) is 4. The van der Waals surface area contributed by atoms with Crippen LogP contribution in [0.25, 0.3) is 11.0 Å². The summed E-state index contributed by atoms with van der Waals surface area (Å²) in [6, 6.07) is 13.1. The monoisotopic (exact) mass is 560 g/mol. The Hall–Kier alpha value is -4.90. The predicted octanol–water partition coefficient (Wildman–Crippen LogP) is 3.59. The lowest BCUT2D eigenvalue weighted by Crippen LogP contribution is -2.30. The molecule has 0 saturated carbocycles. The van der Waals surface area contributed by atoms with Gasteiger partial charge in [-0.25, -0.2) is 9.98 Å². The topological polar surface area (TPSA) is 151 Å². The Morgan fingerprint density at radius 1 is 1.00 bits per heavy atom. The zero-order valence-electron chi connectivity index (χ0n) is 23.3. The van der Waals surface area contributed by atoms with Crippen LogP contribution in [-0.4, -0.2) is 63.0 Å². The fourth-order valence-electron chi connectivity index (χ4n) is 3.86. The van der Waals surface area contributed by atoms with Gasteiger partial charge >= 0.3 is 0 Å². The molecule has 0 amide bonds. The lowest BCUT2D eigenvalue weighted by Gasteiger charge is -2.18. The van der Waals surface area contributed by atoms with Crippen LogP contribution >= 0.6 is 0 Å². The molecular formula is C30H36N6O5. The van der Waals surface area contributed by atoms with E-state index in [1.54, 1.807) is 14.2 Å². The van der Waals surface area contributed by atoms with E-state index in [-0.39, 0.29) is 0 Å². The molecule has 4 rings (SSSR count). The minimum absolute atomic E-state index is 0.362. The number of rotatable bonds is 15. The van der Waals surface area contributed by atoms with Gasteiger partial charge in [-0.15, -0.1) is 0 Å². The number of aromatic nitrogens is 2. The van der Waals surface area contributed by atoms with E-state index >= 15 is 0 Å². The van der Waals surface area contributed by atoms with E-state index < -0.39 is 0 Å². The van der Waals surface area contributed by atoms with Crippen LogP contribution in [0, 0.1) is 0 Å². The number of dihydropyridines is 1. The highest BCUT2D eigenvalue weighted by atomic mass is 16.5. The molecule has 216 valence electrons. The van der Waals surface area contributed by atoms with Gasteiger partial charge in [-0.2, -0.15) is 0 Å². The molecule has 0 radical (unpaired) electrons. The lowest BCUT2D eigenvalue weighted by atomic mass is 10.2. The second-order valence-electron chi connectivity index (χ2n) is 8.81. The molecule has 0 saturated heterocycles. The third kappa shape index (κ3) is 8.80. The van der Waals surface area contributed by atoms with Crippen molar-refractivity contribution in [1.82, 2.24) is 15.3 Å². The molecule has 0 atom stereocenters. The van der Waals surface area contributed by atoms with Crippen LogP contribution in [0.1, 0.15) is 5.82 Å². The van der Waals surface area contributed by atoms with Crippen molar-refractivity contribution < 1.29 is 23.7 Å². The van der Waals surface area contributed by atoms with E-state index in [0.29, 0.717) is 51.0 Å². The summed E-state index contributed by atoms with van der Waals surface area (Å²) in [5.41, 5.74) is 15.1. The summed E-state index contributed by atoms with van der Waals surface area (Å²) in [5.74, 6) is 4.12. The van der Waals surface area contributed by atoms with Crippen LogP contribution in [0.4, 0.5) is 5.69 Å². The number of aromatic amines is 1. The quantitative estimate of drug-likeness (QED) is 0.0718. The van der Waals surface area contributed by atoms with Crippen molar-refractivity contribution >= 4 is 22.6 Å². The molecule has 1 aromatic heterocycles. The second-order valence-corrected chi connectivity index (χ2v) is 8.81. The first-order valence-electron chi connectivity index (χ1n) is 13.2. The van der Waals surface area contributed by atoms with Crippen LogP contribution in [0.2, 0.25) is 0 Å². The van der Waals surface area contributed by atoms with E-state index in [9.17, 15) is 0 Å². The molecule has 0 spiro atoms. The first kappa shape index (κ1) is 29.1. The van der Waals surface area contributed by atoms with Gasteiger partial charge < -0.3 is 45.5 Å². The maximum atomic E-state index is 6.13. The molecule has 0 bridgehead atoms. The Labute approximate surface area is 239 Å². The molecule has 41 heavy (non-hydrogen) atoms. The number of hydrogen-bond acceptors (Lipinski definition) is 9. The van der Waals surface area contributed by atoms with Crippen LogP contribution in [0.5, 0.6) is 11.5 Å². The number of methoxy groups -OCH3 is 2. The molecule has 0 fully saturated rings. The number of benzene rings is 2. The maximum Gasteiger partial charge on any atom is 0.147 e. The van der Waals surface area contributed by atoms with Gasteiger partial charge in [-0.3, -0.25) is 0 Å². The lowest BCUT2D eigenvalue weighted by molar-refractivity contribution is 0.0455. The minimum atomic E-state index is 0.362. The van der Waals surface area contributed by atoms with Crippen LogP contribution < -0.4 is 26.3 Å². The van der Waals surface area contributed by atoms with Gasteiger partial charge in [0.15, 0.2) is 0 Å². The SMILES string of the molecule is COc1ccc(N=C(N)C2=CC=C(OCCOCCOC(/C=C\Cc3nc4ccc(OC)cc4[nH]3)=C/N)CN2)cc1. The van der Waals surface area contributed by atoms with Crippen LogP contribution in [0.15, 0.2) is 95.2 Å². The zero-order chi connectivity index (χ0) is 28.9.